The first kappa shape index (κ1) is 22.3. The van der Waals surface area contributed by atoms with Crippen LogP contribution in [0.1, 0.15) is 28.1 Å². The van der Waals surface area contributed by atoms with E-state index in [2.05, 4.69) is 33.4 Å². The van der Waals surface area contributed by atoms with E-state index in [0.717, 1.165) is 57.6 Å². The van der Waals surface area contributed by atoms with Crippen molar-refractivity contribution in [1.29, 1.82) is 0 Å². The molecule has 5 nitrogen and oxygen atoms in total. The van der Waals surface area contributed by atoms with E-state index in [1.165, 1.54) is 11.1 Å². The van der Waals surface area contributed by atoms with E-state index in [1.807, 2.05) is 60.7 Å². The molecule has 1 heterocycles. The van der Waals surface area contributed by atoms with Gasteiger partial charge in [0.05, 0.1) is 23.5 Å². The number of carbonyl (C=O) groups is 1. The van der Waals surface area contributed by atoms with Gasteiger partial charge < -0.3 is 11.1 Å². The molecule has 0 unspecified atom stereocenters. The van der Waals surface area contributed by atoms with Crippen LogP contribution in [0.3, 0.4) is 0 Å². The van der Waals surface area contributed by atoms with E-state index in [0.29, 0.717) is 12.2 Å². The summed E-state index contributed by atoms with van der Waals surface area (Å²) in [7, 11) is 0. The first-order valence-electron chi connectivity index (χ1n) is 11.4. The molecule has 170 valence electrons. The molecule has 6 heteroatoms. The Bertz CT molecular complexity index is 1340. The zero-order valence-electron chi connectivity index (χ0n) is 18.7. The van der Waals surface area contributed by atoms with Crippen LogP contribution in [-0.2, 0) is 36.9 Å². The van der Waals surface area contributed by atoms with Crippen molar-refractivity contribution in [2.45, 2.75) is 32.1 Å². The number of amides is 1. The van der Waals surface area contributed by atoms with E-state index < -0.39 is 0 Å². The van der Waals surface area contributed by atoms with E-state index in [1.54, 1.807) is 0 Å². The van der Waals surface area contributed by atoms with Gasteiger partial charge in [0.2, 0.25) is 5.91 Å². The summed E-state index contributed by atoms with van der Waals surface area (Å²) in [6, 6.07) is 24.0. The third kappa shape index (κ3) is 5.02. The Kier molecular flexibility index (Phi) is 6.41. The number of aryl methyl sites for hydroxylation is 4. The van der Waals surface area contributed by atoms with Gasteiger partial charge in [-0.05, 0) is 66.6 Å². The van der Waals surface area contributed by atoms with Crippen molar-refractivity contribution in [2.75, 3.05) is 11.1 Å². The van der Waals surface area contributed by atoms with Gasteiger partial charge in [0.1, 0.15) is 0 Å². The Morgan fingerprint density at radius 2 is 1.71 bits per heavy atom. The molecule has 0 spiro atoms. The third-order valence-electron chi connectivity index (χ3n) is 6.08. The van der Waals surface area contributed by atoms with Crippen LogP contribution in [0.25, 0.3) is 11.3 Å². The molecule has 1 aliphatic carbocycles. The number of carbonyl (C=O) groups excluding carboxylic acids is 1. The Morgan fingerprint density at radius 3 is 2.50 bits per heavy atom. The average Bonchev–Trinajstić information content (AvgIpc) is 2.84. The summed E-state index contributed by atoms with van der Waals surface area (Å²) < 4.78 is 0.988. The van der Waals surface area contributed by atoms with Crippen molar-refractivity contribution in [3.8, 4) is 11.3 Å². The summed E-state index contributed by atoms with van der Waals surface area (Å²) in [6.07, 6.45) is 3.41. The second-order valence-electron chi connectivity index (χ2n) is 8.57. The molecule has 1 amide bonds. The van der Waals surface area contributed by atoms with Gasteiger partial charge in [-0.25, -0.2) is 9.97 Å². The Morgan fingerprint density at radius 1 is 0.912 bits per heavy atom. The van der Waals surface area contributed by atoms with Crippen molar-refractivity contribution in [2.24, 2.45) is 0 Å². The number of benzene rings is 3. The molecule has 0 saturated carbocycles. The Labute approximate surface area is 207 Å². The normalized spacial score (nSPS) is 12.0. The van der Waals surface area contributed by atoms with Crippen LogP contribution >= 0.6 is 15.9 Å². The number of halogens is 1. The van der Waals surface area contributed by atoms with Gasteiger partial charge in [0.25, 0.3) is 0 Å². The van der Waals surface area contributed by atoms with Crippen molar-refractivity contribution in [3.05, 3.63) is 105 Å². The summed E-state index contributed by atoms with van der Waals surface area (Å²) in [5, 5.41) is 3.05. The van der Waals surface area contributed by atoms with Gasteiger partial charge in [0.15, 0.2) is 5.82 Å². The predicted molar refractivity (Wildman–Crippen MR) is 140 cm³/mol. The van der Waals surface area contributed by atoms with Crippen LogP contribution in [0.5, 0.6) is 0 Å². The smallest absolute Gasteiger partial charge is 0.229 e. The second-order valence-corrected chi connectivity index (χ2v) is 9.48. The topological polar surface area (TPSA) is 80.9 Å². The summed E-state index contributed by atoms with van der Waals surface area (Å²) in [6.45, 7) is 0. The van der Waals surface area contributed by atoms with Gasteiger partial charge in [-0.3, -0.25) is 4.79 Å². The Hall–Kier alpha value is -3.51. The van der Waals surface area contributed by atoms with E-state index in [9.17, 15) is 4.79 Å². The number of aromatic nitrogens is 2. The fourth-order valence-electron chi connectivity index (χ4n) is 4.35. The third-order valence-corrected chi connectivity index (χ3v) is 6.61. The summed E-state index contributed by atoms with van der Waals surface area (Å²) in [5.41, 5.74) is 13.8. The van der Waals surface area contributed by atoms with Gasteiger partial charge in [-0.15, -0.1) is 0 Å². The zero-order valence-corrected chi connectivity index (χ0v) is 20.3. The van der Waals surface area contributed by atoms with Crippen LogP contribution < -0.4 is 11.1 Å². The summed E-state index contributed by atoms with van der Waals surface area (Å²) in [4.78, 5) is 22.8. The van der Waals surface area contributed by atoms with Crippen molar-refractivity contribution in [3.63, 3.8) is 0 Å². The van der Waals surface area contributed by atoms with Crippen LogP contribution in [-0.4, -0.2) is 15.9 Å². The van der Waals surface area contributed by atoms with Crippen LogP contribution in [0.15, 0.2) is 77.3 Å². The van der Waals surface area contributed by atoms with E-state index in [4.69, 9.17) is 15.7 Å². The number of nitrogens with two attached hydrogens (primary N) is 1. The number of rotatable bonds is 6. The van der Waals surface area contributed by atoms with Gasteiger partial charge in [0, 0.05) is 15.7 Å². The monoisotopic (exact) mass is 512 g/mol. The first-order valence-corrected chi connectivity index (χ1v) is 12.2. The molecule has 3 N–H and O–H groups in total. The molecule has 0 fully saturated rings. The highest BCUT2D eigenvalue weighted by molar-refractivity contribution is 9.10. The number of hydrogen-bond acceptors (Lipinski definition) is 4. The van der Waals surface area contributed by atoms with Crippen molar-refractivity contribution in [1.82, 2.24) is 9.97 Å². The quantitative estimate of drug-likeness (QED) is 0.331. The average molecular weight is 513 g/mol. The lowest BCUT2D eigenvalue weighted by atomic mass is 9.91. The lowest BCUT2D eigenvalue weighted by molar-refractivity contribution is -0.115. The fraction of sp³-hybridized carbons (Fsp3) is 0.179. The number of nitrogen functional groups attached to an aromatic ring is 1. The standard InChI is InChI=1S/C28H25BrN4O/c29-21-10-6-19(7-11-21)16-26(34)33-28-25(14-8-18-4-2-1-3-5-18)31-27-23-13-12-22(30)17-20(23)9-15-24(27)32-28/h1-7,10-13,17H,8-9,14-16,30H2,(H,32,33,34). The molecule has 3 aromatic carbocycles. The Balaban J connectivity index is 1.46. The highest BCUT2D eigenvalue weighted by Gasteiger charge is 2.22. The molecule has 0 saturated heterocycles. The molecule has 0 bridgehead atoms. The number of hydrogen-bond donors (Lipinski definition) is 2. The number of nitrogens with one attached hydrogen (secondary N) is 1. The van der Waals surface area contributed by atoms with E-state index >= 15 is 0 Å². The molecule has 0 aliphatic heterocycles. The van der Waals surface area contributed by atoms with Crippen LogP contribution in [0, 0.1) is 0 Å². The van der Waals surface area contributed by atoms with Crippen LogP contribution in [0.2, 0.25) is 0 Å². The number of nitrogens with zero attached hydrogens (tertiary/aromatic N) is 2. The first-order chi connectivity index (χ1) is 16.5. The molecule has 0 atom stereocenters. The maximum atomic E-state index is 12.9. The lowest BCUT2D eigenvalue weighted by Gasteiger charge is -2.21. The van der Waals surface area contributed by atoms with Crippen LogP contribution in [0.4, 0.5) is 11.5 Å². The second kappa shape index (κ2) is 9.77. The van der Waals surface area contributed by atoms with Crippen molar-refractivity contribution >= 4 is 33.3 Å². The molecule has 1 aliphatic rings. The molecule has 0 radical (unpaired) electrons. The molecule has 1 aromatic heterocycles. The highest BCUT2D eigenvalue weighted by Crippen LogP contribution is 2.34. The minimum atomic E-state index is -0.0958. The van der Waals surface area contributed by atoms with Crippen molar-refractivity contribution < 1.29 is 4.79 Å². The molecular weight excluding hydrogens is 488 g/mol. The summed E-state index contributed by atoms with van der Waals surface area (Å²) in [5.74, 6) is 0.470. The molecule has 4 aromatic rings. The molecule has 5 rings (SSSR count). The number of anilines is 2. The maximum absolute atomic E-state index is 12.9. The maximum Gasteiger partial charge on any atom is 0.229 e. The lowest BCUT2D eigenvalue weighted by Crippen LogP contribution is -2.20. The zero-order chi connectivity index (χ0) is 23.5. The minimum Gasteiger partial charge on any atom is -0.399 e. The molecular formula is C28H25BrN4O. The van der Waals surface area contributed by atoms with Gasteiger partial charge >= 0.3 is 0 Å². The largest absolute Gasteiger partial charge is 0.399 e. The minimum absolute atomic E-state index is 0.0958. The van der Waals surface area contributed by atoms with E-state index in [-0.39, 0.29) is 12.3 Å². The predicted octanol–water partition coefficient (Wildman–Crippen LogP) is 5.55. The fourth-order valence-corrected chi connectivity index (χ4v) is 4.61. The van der Waals surface area contributed by atoms with Gasteiger partial charge in [-0.1, -0.05) is 64.5 Å². The number of fused-ring (bicyclic) bond motifs is 3. The highest BCUT2D eigenvalue weighted by atomic mass is 79.9. The van der Waals surface area contributed by atoms with Gasteiger partial charge in [-0.2, -0.15) is 0 Å². The molecule has 34 heavy (non-hydrogen) atoms. The SMILES string of the molecule is Nc1ccc2c(c1)CCc1nc(NC(=O)Cc3ccc(Br)cc3)c(CCc3ccccc3)nc1-2. The summed E-state index contributed by atoms with van der Waals surface area (Å²) >= 11 is 3.44.